The lowest BCUT2D eigenvalue weighted by molar-refractivity contribution is -0.120. The van der Waals surface area contributed by atoms with Crippen LogP contribution in [0.15, 0.2) is 12.7 Å². The average molecular weight is 198 g/mol. The van der Waals surface area contributed by atoms with E-state index in [1.54, 1.807) is 6.08 Å². The van der Waals surface area contributed by atoms with Crippen LogP contribution in [0.3, 0.4) is 0 Å². The Morgan fingerprint density at radius 2 is 2.07 bits per heavy atom. The van der Waals surface area contributed by atoms with Crippen molar-refractivity contribution in [2.45, 2.75) is 26.7 Å². The second kappa shape index (κ2) is 8.75. The van der Waals surface area contributed by atoms with Crippen LogP contribution in [0.25, 0.3) is 0 Å². The van der Waals surface area contributed by atoms with Crippen molar-refractivity contribution in [1.29, 1.82) is 0 Å². The van der Waals surface area contributed by atoms with Gasteiger partial charge in [-0.3, -0.25) is 4.79 Å². The summed E-state index contributed by atoms with van der Waals surface area (Å²) < 4.78 is 0. The molecule has 14 heavy (non-hydrogen) atoms. The molecule has 2 N–H and O–H groups in total. The van der Waals surface area contributed by atoms with Gasteiger partial charge in [-0.1, -0.05) is 32.8 Å². The van der Waals surface area contributed by atoms with E-state index in [9.17, 15) is 4.79 Å². The number of hydrogen-bond acceptors (Lipinski definition) is 2. The summed E-state index contributed by atoms with van der Waals surface area (Å²) in [6.45, 7) is 9.72. The van der Waals surface area contributed by atoms with E-state index in [1.165, 1.54) is 0 Å². The van der Waals surface area contributed by atoms with E-state index in [2.05, 4.69) is 31.1 Å². The highest BCUT2D eigenvalue weighted by Gasteiger charge is 2.05. The van der Waals surface area contributed by atoms with Gasteiger partial charge in [-0.2, -0.15) is 0 Å². The van der Waals surface area contributed by atoms with Gasteiger partial charge in [0.1, 0.15) is 0 Å². The summed E-state index contributed by atoms with van der Waals surface area (Å²) in [4.78, 5) is 11.2. The molecular weight excluding hydrogens is 176 g/mol. The highest BCUT2D eigenvalue weighted by molar-refractivity contribution is 5.77. The van der Waals surface area contributed by atoms with Crippen molar-refractivity contribution in [3.8, 4) is 0 Å². The molecule has 0 fully saturated rings. The molecule has 0 aromatic heterocycles. The third-order valence-corrected chi connectivity index (χ3v) is 2.32. The molecule has 82 valence electrons. The first-order chi connectivity index (χ1) is 6.74. The Hall–Kier alpha value is -0.830. The summed E-state index contributed by atoms with van der Waals surface area (Å²) in [7, 11) is 0. The molecule has 0 aliphatic heterocycles. The maximum atomic E-state index is 11.2. The summed E-state index contributed by atoms with van der Waals surface area (Å²) >= 11 is 0. The van der Waals surface area contributed by atoms with Gasteiger partial charge in [0.15, 0.2) is 0 Å². The molecule has 0 aromatic carbocycles. The number of nitrogens with one attached hydrogen (secondary N) is 2. The molecule has 3 heteroatoms. The van der Waals surface area contributed by atoms with E-state index in [1.807, 2.05) is 0 Å². The Bertz CT molecular complexity index is 165. The molecule has 1 amide bonds. The number of carbonyl (C=O) groups is 1. The second-order valence-corrected chi connectivity index (χ2v) is 3.41. The second-order valence-electron chi connectivity index (χ2n) is 3.41. The average Bonchev–Trinajstić information content (AvgIpc) is 2.20. The summed E-state index contributed by atoms with van der Waals surface area (Å²) in [6.07, 6.45) is 3.99. The lowest BCUT2D eigenvalue weighted by Gasteiger charge is -2.13. The molecular formula is C11H22N2O. The molecule has 0 saturated heterocycles. The molecule has 0 spiro atoms. The van der Waals surface area contributed by atoms with Gasteiger partial charge in [-0.05, 0) is 5.92 Å². The standard InChI is InChI=1S/C11H22N2O/c1-4-7-12-9-11(14)13-8-10(5-2)6-3/h4,10,12H,1,5-9H2,2-3H3,(H,13,14). The first-order valence-corrected chi connectivity index (χ1v) is 5.32. The quantitative estimate of drug-likeness (QED) is 0.456. The Morgan fingerprint density at radius 3 is 2.57 bits per heavy atom. The van der Waals surface area contributed by atoms with Crippen molar-refractivity contribution in [3.63, 3.8) is 0 Å². The van der Waals surface area contributed by atoms with Gasteiger partial charge in [0.05, 0.1) is 6.54 Å². The van der Waals surface area contributed by atoms with Crippen LogP contribution < -0.4 is 10.6 Å². The van der Waals surface area contributed by atoms with E-state index in [4.69, 9.17) is 0 Å². The number of amides is 1. The Morgan fingerprint density at radius 1 is 1.43 bits per heavy atom. The van der Waals surface area contributed by atoms with Crippen molar-refractivity contribution in [3.05, 3.63) is 12.7 Å². The van der Waals surface area contributed by atoms with Crippen molar-refractivity contribution >= 4 is 5.91 Å². The molecule has 3 nitrogen and oxygen atoms in total. The maximum absolute atomic E-state index is 11.2. The third kappa shape index (κ3) is 6.66. The van der Waals surface area contributed by atoms with Gasteiger partial charge in [0, 0.05) is 13.1 Å². The number of hydrogen-bond donors (Lipinski definition) is 2. The van der Waals surface area contributed by atoms with Crippen LogP contribution in [-0.4, -0.2) is 25.5 Å². The first kappa shape index (κ1) is 13.2. The number of rotatable bonds is 8. The minimum atomic E-state index is 0.0683. The smallest absolute Gasteiger partial charge is 0.233 e. The van der Waals surface area contributed by atoms with Gasteiger partial charge in [0.2, 0.25) is 5.91 Å². The normalized spacial score (nSPS) is 10.2. The molecule has 0 radical (unpaired) electrons. The van der Waals surface area contributed by atoms with Crippen molar-refractivity contribution in [2.24, 2.45) is 5.92 Å². The zero-order chi connectivity index (χ0) is 10.8. The zero-order valence-corrected chi connectivity index (χ0v) is 9.31. The lowest BCUT2D eigenvalue weighted by atomic mass is 10.0. The molecule has 0 heterocycles. The monoisotopic (exact) mass is 198 g/mol. The Kier molecular flexibility index (Phi) is 8.24. The fourth-order valence-electron chi connectivity index (χ4n) is 1.19. The van der Waals surface area contributed by atoms with Gasteiger partial charge in [-0.15, -0.1) is 6.58 Å². The summed E-state index contributed by atoms with van der Waals surface area (Å²) in [6, 6.07) is 0. The molecule has 0 saturated carbocycles. The predicted molar refractivity (Wildman–Crippen MR) is 60.1 cm³/mol. The lowest BCUT2D eigenvalue weighted by Crippen LogP contribution is -2.36. The van der Waals surface area contributed by atoms with Gasteiger partial charge in [-0.25, -0.2) is 0 Å². The van der Waals surface area contributed by atoms with Crippen LogP contribution >= 0.6 is 0 Å². The minimum Gasteiger partial charge on any atom is -0.355 e. The SMILES string of the molecule is C=CCNCC(=O)NCC(CC)CC. The summed E-state index contributed by atoms with van der Waals surface area (Å²) in [5, 5.41) is 5.87. The van der Waals surface area contributed by atoms with E-state index in [0.717, 1.165) is 19.4 Å². The fourth-order valence-corrected chi connectivity index (χ4v) is 1.19. The van der Waals surface area contributed by atoms with E-state index in [-0.39, 0.29) is 5.91 Å². The van der Waals surface area contributed by atoms with Crippen LogP contribution in [0.4, 0.5) is 0 Å². The molecule has 0 unspecified atom stereocenters. The van der Waals surface area contributed by atoms with E-state index >= 15 is 0 Å². The predicted octanol–water partition coefficient (Wildman–Crippen LogP) is 1.31. The highest BCUT2D eigenvalue weighted by atomic mass is 16.1. The van der Waals surface area contributed by atoms with Crippen LogP contribution in [0.2, 0.25) is 0 Å². The van der Waals surface area contributed by atoms with Crippen molar-refractivity contribution in [2.75, 3.05) is 19.6 Å². The maximum Gasteiger partial charge on any atom is 0.233 e. The number of carbonyl (C=O) groups excluding carboxylic acids is 1. The first-order valence-electron chi connectivity index (χ1n) is 5.32. The van der Waals surface area contributed by atoms with Crippen molar-refractivity contribution in [1.82, 2.24) is 10.6 Å². The molecule has 0 aliphatic carbocycles. The zero-order valence-electron chi connectivity index (χ0n) is 9.31. The topological polar surface area (TPSA) is 41.1 Å². The molecule has 0 atom stereocenters. The Balaban J connectivity index is 3.47. The fraction of sp³-hybridized carbons (Fsp3) is 0.727. The van der Waals surface area contributed by atoms with Gasteiger partial charge < -0.3 is 10.6 Å². The largest absolute Gasteiger partial charge is 0.355 e. The van der Waals surface area contributed by atoms with Gasteiger partial charge in [0.25, 0.3) is 0 Å². The highest BCUT2D eigenvalue weighted by Crippen LogP contribution is 2.04. The molecule has 0 rings (SSSR count). The Labute approximate surface area is 87.0 Å². The third-order valence-electron chi connectivity index (χ3n) is 2.32. The van der Waals surface area contributed by atoms with E-state index in [0.29, 0.717) is 19.0 Å². The van der Waals surface area contributed by atoms with E-state index < -0.39 is 0 Å². The molecule has 0 aliphatic rings. The molecule has 0 bridgehead atoms. The summed E-state index contributed by atoms with van der Waals surface area (Å²) in [5.74, 6) is 0.678. The van der Waals surface area contributed by atoms with Crippen molar-refractivity contribution < 1.29 is 4.79 Å². The van der Waals surface area contributed by atoms with Gasteiger partial charge >= 0.3 is 0 Å². The molecule has 0 aromatic rings. The van der Waals surface area contributed by atoms with Crippen LogP contribution in [0.5, 0.6) is 0 Å². The van der Waals surface area contributed by atoms with Crippen LogP contribution in [-0.2, 0) is 4.79 Å². The van der Waals surface area contributed by atoms with Crippen LogP contribution in [0.1, 0.15) is 26.7 Å². The summed E-state index contributed by atoms with van der Waals surface area (Å²) in [5.41, 5.74) is 0. The minimum absolute atomic E-state index is 0.0683. The van der Waals surface area contributed by atoms with Crippen LogP contribution in [0, 0.1) is 5.92 Å².